The number of nitrogens with zero attached hydrogens (tertiary/aromatic N) is 4. The number of benzene rings is 2. The number of aromatic nitrogens is 3. The Morgan fingerprint density at radius 2 is 1.93 bits per heavy atom. The van der Waals surface area contributed by atoms with Crippen LogP contribution < -0.4 is 9.47 Å². The van der Waals surface area contributed by atoms with Crippen LogP contribution in [0.2, 0.25) is 5.02 Å². The molecule has 144 valence electrons. The van der Waals surface area contributed by atoms with E-state index in [-0.39, 0.29) is 11.7 Å². The Kier molecular flexibility index (Phi) is 4.92. The van der Waals surface area contributed by atoms with Gasteiger partial charge in [0, 0.05) is 13.6 Å². The molecule has 0 spiro atoms. The molecular weight excluding hydrogens is 380 g/mol. The van der Waals surface area contributed by atoms with Gasteiger partial charge in [0.05, 0.1) is 10.7 Å². The Morgan fingerprint density at radius 3 is 2.71 bits per heavy atom. The first-order valence-electron chi connectivity index (χ1n) is 8.85. The lowest BCUT2D eigenvalue weighted by atomic mass is 10.2. The molecule has 1 amide bonds. The van der Waals surface area contributed by atoms with Crippen molar-refractivity contribution in [2.45, 2.75) is 13.5 Å². The number of rotatable bonds is 4. The van der Waals surface area contributed by atoms with E-state index in [9.17, 15) is 4.79 Å². The number of hydrogen-bond donors (Lipinski definition) is 0. The number of fused-ring (bicyclic) bond motifs is 1. The third-order valence-corrected chi connectivity index (χ3v) is 4.73. The largest absolute Gasteiger partial charge is 0.486 e. The first-order valence-corrected chi connectivity index (χ1v) is 9.23. The van der Waals surface area contributed by atoms with Crippen LogP contribution in [0.3, 0.4) is 0 Å². The van der Waals surface area contributed by atoms with Crippen molar-refractivity contribution in [1.29, 1.82) is 0 Å². The Balaban J connectivity index is 1.53. The van der Waals surface area contributed by atoms with Crippen molar-refractivity contribution in [2.75, 3.05) is 20.3 Å². The normalized spacial score (nSPS) is 12.7. The van der Waals surface area contributed by atoms with Gasteiger partial charge in [-0.15, -0.1) is 5.10 Å². The zero-order chi connectivity index (χ0) is 19.7. The maximum atomic E-state index is 12.8. The lowest BCUT2D eigenvalue weighted by Crippen LogP contribution is -2.27. The molecule has 0 unspecified atom stereocenters. The maximum Gasteiger partial charge on any atom is 0.293 e. The summed E-state index contributed by atoms with van der Waals surface area (Å²) in [6.45, 7) is 3.25. The molecule has 1 aliphatic rings. The fourth-order valence-electron chi connectivity index (χ4n) is 3.03. The smallest absolute Gasteiger partial charge is 0.293 e. The van der Waals surface area contributed by atoms with Gasteiger partial charge in [-0.25, -0.2) is 9.67 Å². The maximum absolute atomic E-state index is 12.8. The molecule has 0 N–H and O–H groups in total. The molecule has 0 saturated carbocycles. The molecule has 0 fully saturated rings. The number of amides is 1. The highest BCUT2D eigenvalue weighted by atomic mass is 35.5. The number of ether oxygens (including phenoxy) is 2. The summed E-state index contributed by atoms with van der Waals surface area (Å²) in [6, 6.07) is 13.0. The molecule has 0 radical (unpaired) electrons. The van der Waals surface area contributed by atoms with E-state index in [2.05, 4.69) is 10.1 Å². The van der Waals surface area contributed by atoms with Gasteiger partial charge in [0.25, 0.3) is 5.91 Å². The predicted molar refractivity (Wildman–Crippen MR) is 104 cm³/mol. The quantitative estimate of drug-likeness (QED) is 0.674. The van der Waals surface area contributed by atoms with Gasteiger partial charge in [-0.2, -0.15) is 0 Å². The summed E-state index contributed by atoms with van der Waals surface area (Å²) >= 11 is 6.24. The molecule has 2 heterocycles. The van der Waals surface area contributed by atoms with Crippen LogP contribution in [0.25, 0.3) is 5.69 Å². The minimum Gasteiger partial charge on any atom is -0.486 e. The van der Waals surface area contributed by atoms with E-state index < -0.39 is 0 Å². The summed E-state index contributed by atoms with van der Waals surface area (Å²) < 4.78 is 12.7. The van der Waals surface area contributed by atoms with Gasteiger partial charge in [-0.3, -0.25) is 4.79 Å². The van der Waals surface area contributed by atoms with Crippen LogP contribution in [-0.2, 0) is 6.54 Å². The second-order valence-corrected chi connectivity index (χ2v) is 6.89. The molecule has 1 aromatic heterocycles. The monoisotopic (exact) mass is 398 g/mol. The summed E-state index contributed by atoms with van der Waals surface area (Å²) in [5.41, 5.74) is 1.62. The average Bonchev–Trinajstić information content (AvgIpc) is 3.09. The van der Waals surface area contributed by atoms with Crippen LogP contribution >= 0.6 is 11.6 Å². The van der Waals surface area contributed by atoms with Gasteiger partial charge in [-0.05, 0) is 36.8 Å². The highest BCUT2D eigenvalue weighted by molar-refractivity contribution is 6.32. The van der Waals surface area contributed by atoms with E-state index in [0.29, 0.717) is 42.0 Å². The van der Waals surface area contributed by atoms with Gasteiger partial charge in [0.1, 0.15) is 19.0 Å². The van der Waals surface area contributed by atoms with Gasteiger partial charge in [0.15, 0.2) is 11.5 Å². The van der Waals surface area contributed by atoms with Crippen molar-refractivity contribution in [3.05, 3.63) is 64.7 Å². The topological polar surface area (TPSA) is 69.5 Å². The number of para-hydroxylation sites is 1. The van der Waals surface area contributed by atoms with Crippen molar-refractivity contribution in [1.82, 2.24) is 19.7 Å². The molecule has 2 aromatic carbocycles. The van der Waals surface area contributed by atoms with Crippen molar-refractivity contribution in [2.24, 2.45) is 0 Å². The lowest BCUT2D eigenvalue weighted by molar-refractivity contribution is 0.0772. The minimum atomic E-state index is -0.274. The van der Waals surface area contributed by atoms with Crippen LogP contribution in [0.5, 0.6) is 11.5 Å². The molecule has 28 heavy (non-hydrogen) atoms. The van der Waals surface area contributed by atoms with Crippen molar-refractivity contribution in [3.8, 4) is 17.2 Å². The molecule has 3 aromatic rings. The van der Waals surface area contributed by atoms with Crippen LogP contribution in [-0.4, -0.2) is 45.8 Å². The van der Waals surface area contributed by atoms with E-state index in [1.807, 2.05) is 36.4 Å². The second kappa shape index (κ2) is 7.52. The van der Waals surface area contributed by atoms with Crippen LogP contribution in [0.4, 0.5) is 0 Å². The number of aryl methyl sites for hydroxylation is 1. The molecule has 0 aliphatic carbocycles. The Labute approximate surface area is 167 Å². The third-order valence-electron chi connectivity index (χ3n) is 4.41. The third kappa shape index (κ3) is 3.53. The van der Waals surface area contributed by atoms with E-state index in [1.54, 1.807) is 29.6 Å². The highest BCUT2D eigenvalue weighted by Crippen LogP contribution is 2.31. The number of halogens is 1. The summed E-state index contributed by atoms with van der Waals surface area (Å²) in [6.07, 6.45) is 0. The molecular formula is C20H19ClN4O3. The molecule has 4 rings (SSSR count). The summed E-state index contributed by atoms with van der Waals surface area (Å²) in [5, 5.41) is 4.90. The molecule has 8 heteroatoms. The first-order chi connectivity index (χ1) is 13.5. The van der Waals surface area contributed by atoms with E-state index >= 15 is 0 Å². The zero-order valence-corrected chi connectivity index (χ0v) is 16.3. The van der Waals surface area contributed by atoms with Crippen LogP contribution in [0.15, 0.2) is 42.5 Å². The number of hydrogen-bond acceptors (Lipinski definition) is 5. The van der Waals surface area contributed by atoms with E-state index in [0.717, 1.165) is 11.3 Å². The SMILES string of the molecule is Cc1nc(C(=O)N(C)Cc2ccc3c(c2)OCCO3)nn1-c1ccccc1Cl. The minimum absolute atomic E-state index is 0.123. The number of carbonyl (C=O) groups excluding carboxylic acids is 1. The molecule has 7 nitrogen and oxygen atoms in total. The molecule has 0 saturated heterocycles. The van der Waals surface area contributed by atoms with E-state index in [4.69, 9.17) is 21.1 Å². The van der Waals surface area contributed by atoms with Gasteiger partial charge in [-0.1, -0.05) is 29.8 Å². The average molecular weight is 399 g/mol. The first kappa shape index (κ1) is 18.3. The molecule has 1 aliphatic heterocycles. The summed E-state index contributed by atoms with van der Waals surface area (Å²) in [5.74, 6) is 1.85. The van der Waals surface area contributed by atoms with Gasteiger partial charge < -0.3 is 14.4 Å². The number of carbonyl (C=O) groups is 1. The van der Waals surface area contributed by atoms with Crippen molar-refractivity contribution < 1.29 is 14.3 Å². The highest BCUT2D eigenvalue weighted by Gasteiger charge is 2.21. The predicted octanol–water partition coefficient (Wildman–Crippen LogP) is 3.27. The fourth-order valence-corrected chi connectivity index (χ4v) is 3.25. The molecule has 0 bridgehead atoms. The summed E-state index contributed by atoms with van der Waals surface area (Å²) in [4.78, 5) is 18.7. The van der Waals surface area contributed by atoms with Crippen LogP contribution in [0.1, 0.15) is 22.0 Å². The van der Waals surface area contributed by atoms with Crippen LogP contribution in [0, 0.1) is 6.92 Å². The Hall–Kier alpha value is -3.06. The van der Waals surface area contributed by atoms with Gasteiger partial charge in [0.2, 0.25) is 5.82 Å². The Morgan fingerprint density at radius 1 is 1.18 bits per heavy atom. The zero-order valence-electron chi connectivity index (χ0n) is 15.6. The second-order valence-electron chi connectivity index (χ2n) is 6.49. The van der Waals surface area contributed by atoms with Gasteiger partial charge >= 0.3 is 0 Å². The van der Waals surface area contributed by atoms with E-state index in [1.165, 1.54) is 0 Å². The van der Waals surface area contributed by atoms with Crippen molar-refractivity contribution >= 4 is 17.5 Å². The standard InChI is InChI=1S/C20H19ClN4O3/c1-13-22-19(23-25(13)16-6-4-3-5-15(16)21)20(26)24(2)12-14-7-8-17-18(11-14)28-10-9-27-17/h3-8,11H,9-10,12H2,1-2H3. The van der Waals surface area contributed by atoms with Crippen molar-refractivity contribution in [3.63, 3.8) is 0 Å². The lowest BCUT2D eigenvalue weighted by Gasteiger charge is -2.20. The fraction of sp³-hybridized carbons (Fsp3) is 0.250. The Bertz CT molecular complexity index is 1030. The summed E-state index contributed by atoms with van der Waals surface area (Å²) in [7, 11) is 1.71. The molecule has 0 atom stereocenters.